The second-order valence-corrected chi connectivity index (χ2v) is 19.3. The Labute approximate surface area is 481 Å². The van der Waals surface area contributed by atoms with E-state index in [0.717, 1.165) is 77.9 Å². The summed E-state index contributed by atoms with van der Waals surface area (Å²) in [7, 11) is 0. The van der Waals surface area contributed by atoms with Crippen LogP contribution < -0.4 is 20.9 Å². The van der Waals surface area contributed by atoms with E-state index in [1.807, 2.05) is 184 Å². The highest BCUT2D eigenvalue weighted by atomic mass is 14.7. The van der Waals surface area contributed by atoms with Crippen LogP contribution in [0.5, 0.6) is 0 Å². The third-order valence-corrected chi connectivity index (χ3v) is 13.3. The van der Waals surface area contributed by atoms with Crippen molar-refractivity contribution in [1.82, 2.24) is 9.97 Å². The molecule has 0 aliphatic rings. The van der Waals surface area contributed by atoms with Gasteiger partial charge in [-0.05, 0) is 118 Å². The first kappa shape index (κ1) is 52.4. The standard InChI is InChI=1S/C80H50N2/c1-59-55-73-51-47-69(77(61-27-11-3-12-28-61)62-29-13-4-14-30-62)43-45-71(79(65-35-19-7-20-36-65)66-37-21-8-22-38-66)49-53-75-57-60(2)58-76(82-75)54-50-72(80(67-39-23-9-24-40-67)68-41-25-10-26-42-68)46-44-70(48-52-74(56-59)81-73)78(63-31-15-5-16-32-63)64-33-17-6-18-34-64/h3-42,55-58H,1-2H3. The molecule has 8 aromatic carbocycles. The lowest BCUT2D eigenvalue weighted by Crippen LogP contribution is -2.08. The molecule has 11 aromatic rings. The van der Waals surface area contributed by atoms with Crippen LogP contribution in [0.15, 0.2) is 267 Å². The van der Waals surface area contributed by atoms with Gasteiger partial charge in [0.05, 0.1) is 20.9 Å². The van der Waals surface area contributed by atoms with E-state index in [1.54, 1.807) is 0 Å². The van der Waals surface area contributed by atoms with Crippen molar-refractivity contribution in [3.8, 4) is 0 Å². The van der Waals surface area contributed by atoms with Crippen LogP contribution in [0.1, 0.15) is 55.6 Å². The van der Waals surface area contributed by atoms with E-state index < -0.39 is 0 Å². The summed E-state index contributed by atoms with van der Waals surface area (Å²) in [5, 5.41) is 2.36. The van der Waals surface area contributed by atoms with Gasteiger partial charge in [-0.25, -0.2) is 9.97 Å². The van der Waals surface area contributed by atoms with E-state index in [4.69, 9.17) is 9.97 Å². The highest BCUT2D eigenvalue weighted by Crippen LogP contribution is 2.23. The minimum Gasteiger partial charge on any atom is -0.231 e. The molecule has 2 heteroatoms. The third kappa shape index (κ3) is 13.0. The van der Waals surface area contributed by atoms with Crippen LogP contribution in [0.4, 0.5) is 0 Å². The third-order valence-electron chi connectivity index (χ3n) is 13.3. The zero-order valence-electron chi connectivity index (χ0n) is 45.3. The maximum atomic E-state index is 5.13. The number of fused-ring (bicyclic) bond motifs is 4. The molecule has 0 aliphatic heterocycles. The van der Waals surface area contributed by atoms with Crippen LogP contribution in [0, 0.1) is 86.6 Å². The maximum absolute atomic E-state index is 5.13. The molecule has 0 aliphatic carbocycles. The molecule has 0 N–H and O–H groups in total. The fourth-order valence-corrected chi connectivity index (χ4v) is 9.63. The lowest BCUT2D eigenvalue weighted by atomic mass is 9.96. The van der Waals surface area contributed by atoms with Crippen molar-refractivity contribution in [3.05, 3.63) is 416 Å². The van der Waals surface area contributed by atoms with E-state index in [1.165, 1.54) is 0 Å². The van der Waals surface area contributed by atoms with E-state index >= 15 is 0 Å². The highest BCUT2D eigenvalue weighted by Gasteiger charge is 2.10. The summed E-state index contributed by atoms with van der Waals surface area (Å²) in [5.74, 6) is 0. The fraction of sp³-hybridized carbons (Fsp3) is 0.0250. The van der Waals surface area contributed by atoms with Crippen LogP contribution in [0.25, 0.3) is 44.4 Å². The number of aryl methyl sites for hydroxylation is 2. The summed E-state index contributed by atoms with van der Waals surface area (Å²) in [4.78, 5) is 10.3. The first-order valence-electron chi connectivity index (χ1n) is 27.0. The average molecular weight is 1040 g/mol. The van der Waals surface area contributed by atoms with Crippen molar-refractivity contribution in [2.24, 2.45) is 0 Å². The predicted octanol–water partition coefficient (Wildman–Crippen LogP) is 13.9. The topological polar surface area (TPSA) is 25.8 Å². The molecular weight excluding hydrogens is 989 g/mol. The SMILES string of the molecule is Cc1cc2c#cc(=C(c3ccccc3)c3ccccc3)c#cc(=C(c3ccccc3)c3ccccc3)c#cc3cc(C)cc(c#cc(=C(c4ccccc4)c4ccccc4)c#cc(=C(c4ccccc4)c4ccccc4)c#cc(c1)n2)n3. The molecule has 4 bridgehead atoms. The van der Waals surface area contributed by atoms with Crippen molar-refractivity contribution in [2.75, 3.05) is 0 Å². The fourth-order valence-electron chi connectivity index (χ4n) is 9.63. The van der Waals surface area contributed by atoms with Gasteiger partial charge in [-0.3, -0.25) is 0 Å². The van der Waals surface area contributed by atoms with Crippen LogP contribution in [0.3, 0.4) is 0 Å². The number of nitrogens with zero attached hydrogens (tertiary/aromatic N) is 2. The Hall–Kier alpha value is -11.6. The highest BCUT2D eigenvalue weighted by molar-refractivity contribution is 5.82. The molecule has 2 nitrogen and oxygen atoms in total. The Morgan fingerprint density at radius 3 is 0.512 bits per heavy atom. The van der Waals surface area contributed by atoms with Crippen molar-refractivity contribution in [1.29, 1.82) is 0 Å². The molecule has 82 heavy (non-hydrogen) atoms. The quantitative estimate of drug-likeness (QED) is 0.152. The molecule has 0 radical (unpaired) electrons. The molecule has 0 spiro atoms. The summed E-state index contributed by atoms with van der Waals surface area (Å²) in [6.45, 7) is 4.07. The molecule has 0 atom stereocenters. The number of hydrogen-bond acceptors (Lipinski definition) is 2. The molecule has 380 valence electrons. The van der Waals surface area contributed by atoms with Gasteiger partial charge in [0.1, 0.15) is 22.1 Å². The number of aromatic nitrogens is 2. The molecule has 3 heterocycles. The second-order valence-electron chi connectivity index (χ2n) is 19.3. The van der Waals surface area contributed by atoms with Crippen molar-refractivity contribution in [3.63, 3.8) is 0 Å². The maximum Gasteiger partial charge on any atom is 0.115 e. The zero-order chi connectivity index (χ0) is 55.7. The van der Waals surface area contributed by atoms with Gasteiger partial charge in [-0.15, -0.1) is 0 Å². The van der Waals surface area contributed by atoms with Crippen molar-refractivity contribution < 1.29 is 0 Å². The average Bonchev–Trinajstić information content (AvgIpc) is 3.61. The summed E-state index contributed by atoms with van der Waals surface area (Å²) in [6, 6.07) is 133. The van der Waals surface area contributed by atoms with Gasteiger partial charge < -0.3 is 0 Å². The number of pyridine rings is 2. The second kappa shape index (κ2) is 25.7. The van der Waals surface area contributed by atoms with E-state index in [2.05, 4.69) is 170 Å². The molecule has 0 saturated carbocycles. The van der Waals surface area contributed by atoms with E-state index in [0.29, 0.717) is 42.9 Å². The lowest BCUT2D eigenvalue weighted by molar-refractivity contribution is 1.40. The van der Waals surface area contributed by atoms with Crippen molar-refractivity contribution >= 4 is 44.4 Å². The Morgan fingerprint density at radius 2 is 0.354 bits per heavy atom. The zero-order valence-corrected chi connectivity index (χ0v) is 45.3. The lowest BCUT2D eigenvalue weighted by Gasteiger charge is -2.07. The van der Waals surface area contributed by atoms with Gasteiger partial charge in [0.15, 0.2) is 0 Å². The molecular formula is C80H50N2. The smallest absolute Gasteiger partial charge is 0.115 e. The normalized spacial score (nSPS) is 9.98. The van der Waals surface area contributed by atoms with E-state index in [9.17, 15) is 0 Å². The molecule has 0 unspecified atom stereocenters. The number of hydrogen-bond donors (Lipinski definition) is 0. The Balaban J connectivity index is 1.36. The minimum absolute atomic E-state index is 0.538. The van der Waals surface area contributed by atoms with Gasteiger partial charge in [0, 0.05) is 22.3 Å². The molecule has 0 fully saturated rings. The number of rotatable bonds is 8. The predicted molar refractivity (Wildman–Crippen MR) is 331 cm³/mol. The van der Waals surface area contributed by atoms with Crippen LogP contribution >= 0.6 is 0 Å². The first-order chi connectivity index (χ1) is 40.5. The van der Waals surface area contributed by atoms with Crippen LogP contribution in [-0.4, -0.2) is 9.97 Å². The van der Waals surface area contributed by atoms with Gasteiger partial charge >= 0.3 is 0 Å². The van der Waals surface area contributed by atoms with Crippen LogP contribution in [0.2, 0.25) is 0 Å². The Morgan fingerprint density at radius 1 is 0.207 bits per heavy atom. The van der Waals surface area contributed by atoms with Gasteiger partial charge in [-0.1, -0.05) is 291 Å². The minimum atomic E-state index is 0.538. The Bertz CT molecular complexity index is 3760. The monoisotopic (exact) mass is 1040 g/mol. The summed E-state index contributed by atoms with van der Waals surface area (Å²) >= 11 is 0. The number of benzene rings is 8. The summed E-state index contributed by atoms with van der Waals surface area (Å²) in [5.41, 5.74) is 15.2. The largest absolute Gasteiger partial charge is 0.231 e. The summed E-state index contributed by atoms with van der Waals surface area (Å²) < 4.78 is 0. The summed E-state index contributed by atoms with van der Waals surface area (Å²) in [6.07, 6.45) is 0. The van der Waals surface area contributed by atoms with Crippen LogP contribution in [-0.2, 0) is 0 Å². The van der Waals surface area contributed by atoms with Gasteiger partial charge in [0.25, 0.3) is 0 Å². The molecule has 11 rings (SSSR count). The molecule has 0 saturated heterocycles. The van der Waals surface area contributed by atoms with Gasteiger partial charge in [-0.2, -0.15) is 0 Å². The van der Waals surface area contributed by atoms with E-state index in [-0.39, 0.29) is 0 Å². The molecule has 0 amide bonds. The first-order valence-corrected chi connectivity index (χ1v) is 27.0. The molecule has 3 aromatic heterocycles. The Kier molecular flexibility index (Phi) is 16.4. The van der Waals surface area contributed by atoms with Gasteiger partial charge in [0.2, 0.25) is 0 Å². The van der Waals surface area contributed by atoms with Crippen molar-refractivity contribution in [2.45, 2.75) is 13.8 Å².